The maximum Gasteiger partial charge on any atom is 0.221 e. The molecule has 2 rings (SSSR count). The van der Waals surface area contributed by atoms with Gasteiger partial charge in [-0.05, 0) is 12.1 Å². The maximum atomic E-state index is 5.46. The lowest BCUT2D eigenvalue weighted by Gasteiger charge is -2.05. The molecule has 0 aliphatic carbocycles. The largest absolute Gasteiger partial charge is 0.368 e. The molecule has 0 unspecified atom stereocenters. The average Bonchev–Trinajstić information content (AvgIpc) is 2.61. The molecule has 0 saturated carbocycles. The van der Waals surface area contributed by atoms with Gasteiger partial charge in [0.15, 0.2) is 0 Å². The lowest BCUT2D eigenvalue weighted by Crippen LogP contribution is -2.07. The molecule has 6 heteroatoms. The van der Waals surface area contributed by atoms with Gasteiger partial charge in [0.1, 0.15) is 5.82 Å². The molecule has 0 aliphatic rings. The van der Waals surface area contributed by atoms with Gasteiger partial charge in [0.2, 0.25) is 5.95 Å². The van der Waals surface area contributed by atoms with Crippen LogP contribution >= 0.6 is 0 Å². The third-order valence-corrected chi connectivity index (χ3v) is 2.05. The molecule has 0 bridgehead atoms. The van der Waals surface area contributed by atoms with Gasteiger partial charge in [-0.15, -0.1) is 0 Å². The number of aryl methyl sites for hydroxylation is 1. The van der Waals surface area contributed by atoms with Crippen molar-refractivity contribution < 1.29 is 0 Å². The number of anilines is 2. The molecule has 6 nitrogen and oxygen atoms in total. The first-order chi connectivity index (χ1) is 7.25. The van der Waals surface area contributed by atoms with E-state index in [1.54, 1.807) is 23.1 Å². The van der Waals surface area contributed by atoms with Crippen molar-refractivity contribution in [3.05, 3.63) is 30.2 Å². The van der Waals surface area contributed by atoms with Gasteiger partial charge in [-0.25, -0.2) is 4.98 Å². The highest BCUT2D eigenvalue weighted by molar-refractivity contribution is 5.37. The van der Waals surface area contributed by atoms with Crippen LogP contribution in [0.25, 0.3) is 0 Å². The van der Waals surface area contributed by atoms with Crippen LogP contribution in [-0.2, 0) is 13.6 Å². The van der Waals surface area contributed by atoms with E-state index in [9.17, 15) is 0 Å². The van der Waals surface area contributed by atoms with Gasteiger partial charge in [-0.2, -0.15) is 10.1 Å². The minimum Gasteiger partial charge on any atom is -0.368 e. The zero-order valence-electron chi connectivity index (χ0n) is 8.38. The fraction of sp³-hybridized carbons (Fsp3) is 0.222. The summed E-state index contributed by atoms with van der Waals surface area (Å²) in [5.74, 6) is 0.980. The van der Waals surface area contributed by atoms with Crippen LogP contribution in [0.5, 0.6) is 0 Å². The molecule has 0 spiro atoms. The van der Waals surface area contributed by atoms with Gasteiger partial charge in [0, 0.05) is 19.4 Å². The van der Waals surface area contributed by atoms with E-state index in [0.29, 0.717) is 12.4 Å². The molecule has 78 valence electrons. The number of hydrogen-bond acceptors (Lipinski definition) is 5. The molecular weight excluding hydrogens is 192 g/mol. The van der Waals surface area contributed by atoms with E-state index >= 15 is 0 Å². The summed E-state index contributed by atoms with van der Waals surface area (Å²) in [6.45, 7) is 0.660. The normalized spacial score (nSPS) is 10.2. The van der Waals surface area contributed by atoms with Crippen LogP contribution in [0.1, 0.15) is 5.69 Å². The Kier molecular flexibility index (Phi) is 2.49. The number of aromatic nitrogens is 4. The van der Waals surface area contributed by atoms with E-state index in [-0.39, 0.29) is 5.95 Å². The number of nitrogens with two attached hydrogens (primary N) is 1. The van der Waals surface area contributed by atoms with Crippen LogP contribution in [0, 0.1) is 0 Å². The highest BCUT2D eigenvalue weighted by atomic mass is 15.3. The van der Waals surface area contributed by atoms with Crippen molar-refractivity contribution in [1.29, 1.82) is 0 Å². The second-order valence-corrected chi connectivity index (χ2v) is 3.10. The predicted molar refractivity (Wildman–Crippen MR) is 57.0 cm³/mol. The number of rotatable bonds is 3. The van der Waals surface area contributed by atoms with Gasteiger partial charge in [-0.1, -0.05) is 0 Å². The van der Waals surface area contributed by atoms with Crippen LogP contribution in [-0.4, -0.2) is 19.7 Å². The summed E-state index contributed by atoms with van der Waals surface area (Å²) < 4.78 is 1.80. The molecule has 2 aromatic rings. The Hall–Kier alpha value is -2.11. The third kappa shape index (κ3) is 2.22. The van der Waals surface area contributed by atoms with Gasteiger partial charge in [-0.3, -0.25) is 4.68 Å². The minimum absolute atomic E-state index is 0.269. The molecule has 2 heterocycles. The topological polar surface area (TPSA) is 81.7 Å². The van der Waals surface area contributed by atoms with E-state index in [1.807, 2.05) is 13.1 Å². The van der Waals surface area contributed by atoms with E-state index in [1.165, 1.54) is 0 Å². The molecule has 0 radical (unpaired) electrons. The first kappa shape index (κ1) is 9.45. The summed E-state index contributed by atoms with van der Waals surface area (Å²) in [5.41, 5.74) is 6.53. The molecule has 2 aromatic heterocycles. The van der Waals surface area contributed by atoms with Crippen molar-refractivity contribution in [3.63, 3.8) is 0 Å². The monoisotopic (exact) mass is 204 g/mol. The average molecular weight is 204 g/mol. The Morgan fingerprint density at radius 1 is 1.40 bits per heavy atom. The molecule has 0 atom stereocenters. The summed E-state index contributed by atoms with van der Waals surface area (Å²) in [6, 6.07) is 3.71. The Morgan fingerprint density at radius 2 is 2.27 bits per heavy atom. The first-order valence-corrected chi connectivity index (χ1v) is 4.55. The van der Waals surface area contributed by atoms with Crippen LogP contribution in [0.2, 0.25) is 0 Å². The van der Waals surface area contributed by atoms with Crippen molar-refractivity contribution in [2.24, 2.45) is 7.05 Å². The Balaban J connectivity index is 2.02. The quantitative estimate of drug-likeness (QED) is 0.756. The van der Waals surface area contributed by atoms with Crippen molar-refractivity contribution in [2.45, 2.75) is 6.54 Å². The smallest absolute Gasteiger partial charge is 0.221 e. The van der Waals surface area contributed by atoms with Crippen LogP contribution in [0.15, 0.2) is 24.5 Å². The second-order valence-electron chi connectivity index (χ2n) is 3.10. The maximum absolute atomic E-state index is 5.46. The molecule has 0 saturated heterocycles. The summed E-state index contributed by atoms with van der Waals surface area (Å²) in [5, 5.41) is 7.20. The minimum atomic E-state index is 0.269. The summed E-state index contributed by atoms with van der Waals surface area (Å²) in [7, 11) is 1.89. The van der Waals surface area contributed by atoms with Crippen molar-refractivity contribution in [2.75, 3.05) is 11.1 Å². The van der Waals surface area contributed by atoms with Crippen molar-refractivity contribution in [3.8, 4) is 0 Å². The zero-order chi connectivity index (χ0) is 10.7. The van der Waals surface area contributed by atoms with E-state index < -0.39 is 0 Å². The molecule has 0 aliphatic heterocycles. The van der Waals surface area contributed by atoms with E-state index in [4.69, 9.17) is 5.73 Å². The Bertz CT molecular complexity index is 449. The van der Waals surface area contributed by atoms with Gasteiger partial charge in [0.25, 0.3) is 0 Å². The standard InChI is InChI=1S/C9H12N6/c1-15-7(2-5-13-15)6-12-8-3-4-11-9(10)14-8/h2-5H,6H2,1H3,(H3,10,11,12,14). The summed E-state index contributed by atoms with van der Waals surface area (Å²) >= 11 is 0. The number of hydrogen-bond donors (Lipinski definition) is 2. The molecule has 0 amide bonds. The van der Waals surface area contributed by atoms with Crippen molar-refractivity contribution in [1.82, 2.24) is 19.7 Å². The number of nitrogen functional groups attached to an aromatic ring is 1. The van der Waals surface area contributed by atoms with E-state index in [0.717, 1.165) is 5.69 Å². The third-order valence-electron chi connectivity index (χ3n) is 2.05. The number of nitrogens with zero attached hydrogens (tertiary/aromatic N) is 4. The summed E-state index contributed by atoms with van der Waals surface area (Å²) in [6.07, 6.45) is 3.37. The van der Waals surface area contributed by atoms with Crippen molar-refractivity contribution >= 4 is 11.8 Å². The SMILES string of the molecule is Cn1nccc1CNc1ccnc(N)n1. The molecule has 15 heavy (non-hydrogen) atoms. The van der Waals surface area contributed by atoms with Gasteiger partial charge < -0.3 is 11.1 Å². The first-order valence-electron chi connectivity index (χ1n) is 4.55. The van der Waals surface area contributed by atoms with Gasteiger partial charge in [0.05, 0.1) is 12.2 Å². The number of nitrogens with one attached hydrogen (secondary N) is 1. The Labute approximate surface area is 87.2 Å². The Morgan fingerprint density at radius 3 is 2.93 bits per heavy atom. The molecule has 0 aromatic carbocycles. The van der Waals surface area contributed by atoms with E-state index in [2.05, 4.69) is 20.4 Å². The summed E-state index contributed by atoms with van der Waals surface area (Å²) in [4.78, 5) is 7.84. The fourth-order valence-corrected chi connectivity index (χ4v) is 1.23. The van der Waals surface area contributed by atoms with Crippen LogP contribution in [0.3, 0.4) is 0 Å². The molecular formula is C9H12N6. The fourth-order valence-electron chi connectivity index (χ4n) is 1.23. The predicted octanol–water partition coefficient (Wildman–Crippen LogP) is 0.404. The molecule has 0 fully saturated rings. The van der Waals surface area contributed by atoms with Crippen LogP contribution < -0.4 is 11.1 Å². The highest BCUT2D eigenvalue weighted by Gasteiger charge is 1.99. The van der Waals surface area contributed by atoms with Crippen LogP contribution in [0.4, 0.5) is 11.8 Å². The lowest BCUT2D eigenvalue weighted by molar-refractivity contribution is 0.720. The zero-order valence-corrected chi connectivity index (χ0v) is 8.38. The highest BCUT2D eigenvalue weighted by Crippen LogP contribution is 2.05. The molecule has 3 N–H and O–H groups in total. The van der Waals surface area contributed by atoms with Gasteiger partial charge >= 0.3 is 0 Å². The second kappa shape index (κ2) is 3.95. The lowest BCUT2D eigenvalue weighted by atomic mass is 10.4.